The number of hydrogen-bond donors (Lipinski definition) is 2. The van der Waals surface area contributed by atoms with E-state index < -0.39 is 0 Å². The van der Waals surface area contributed by atoms with Crippen molar-refractivity contribution in [3.63, 3.8) is 0 Å². The molecule has 2 saturated heterocycles. The maximum atomic E-state index is 12.4. The number of fused-ring (bicyclic) bond motifs is 2. The summed E-state index contributed by atoms with van der Waals surface area (Å²) in [5.74, 6) is 1.52. The molecule has 0 aromatic rings. The molecule has 3 heteroatoms. The third-order valence-electron chi connectivity index (χ3n) is 5.61. The Morgan fingerprint density at radius 3 is 2.26 bits per heavy atom. The Bertz CT molecular complexity index is 311. The minimum Gasteiger partial charge on any atom is -0.353 e. The van der Waals surface area contributed by atoms with Crippen LogP contribution in [0.3, 0.4) is 0 Å². The van der Waals surface area contributed by atoms with Gasteiger partial charge in [0, 0.05) is 24.0 Å². The molecule has 1 amide bonds. The van der Waals surface area contributed by atoms with Crippen LogP contribution in [0.4, 0.5) is 0 Å². The number of carbonyl (C=O) groups excluding carboxylic acids is 1. The molecule has 0 aromatic carbocycles. The first-order valence-corrected chi connectivity index (χ1v) is 8.31. The minimum absolute atomic E-state index is 0.301. The predicted octanol–water partition coefficient (Wildman–Crippen LogP) is 2.60. The molecule has 19 heavy (non-hydrogen) atoms. The summed E-state index contributed by atoms with van der Waals surface area (Å²) < 4.78 is 0. The number of hydrogen-bond acceptors (Lipinski definition) is 2. The van der Waals surface area contributed by atoms with Crippen molar-refractivity contribution in [3.05, 3.63) is 0 Å². The molecule has 2 N–H and O–H groups in total. The summed E-state index contributed by atoms with van der Waals surface area (Å²) in [5, 5.41) is 6.98. The van der Waals surface area contributed by atoms with Crippen molar-refractivity contribution in [2.45, 2.75) is 82.8 Å². The minimum atomic E-state index is 0.301. The Morgan fingerprint density at radius 1 is 1.05 bits per heavy atom. The van der Waals surface area contributed by atoms with Crippen LogP contribution in [0.1, 0.15) is 64.7 Å². The summed E-state index contributed by atoms with van der Waals surface area (Å²) in [6.45, 7) is 2.27. The molecule has 3 fully saturated rings. The second-order valence-corrected chi connectivity index (χ2v) is 6.94. The van der Waals surface area contributed by atoms with Gasteiger partial charge in [-0.2, -0.15) is 0 Å². The van der Waals surface area contributed by atoms with Crippen LogP contribution in [0.2, 0.25) is 0 Å². The van der Waals surface area contributed by atoms with Gasteiger partial charge in [0.2, 0.25) is 5.91 Å². The van der Waals surface area contributed by atoms with Crippen molar-refractivity contribution in [3.8, 4) is 0 Å². The molecule has 3 aliphatic rings. The first-order valence-electron chi connectivity index (χ1n) is 8.31. The van der Waals surface area contributed by atoms with Crippen LogP contribution < -0.4 is 10.6 Å². The Morgan fingerprint density at radius 2 is 1.68 bits per heavy atom. The van der Waals surface area contributed by atoms with Crippen LogP contribution in [0.25, 0.3) is 0 Å². The summed E-state index contributed by atoms with van der Waals surface area (Å²) in [4.78, 5) is 12.4. The predicted molar refractivity (Wildman–Crippen MR) is 76.8 cm³/mol. The first kappa shape index (κ1) is 13.4. The monoisotopic (exact) mass is 264 g/mol. The average molecular weight is 264 g/mol. The molecule has 0 aromatic heterocycles. The zero-order valence-electron chi connectivity index (χ0n) is 12.2. The van der Waals surface area contributed by atoms with Gasteiger partial charge in [-0.15, -0.1) is 0 Å². The van der Waals surface area contributed by atoms with Crippen molar-refractivity contribution in [2.75, 3.05) is 0 Å². The summed E-state index contributed by atoms with van der Waals surface area (Å²) in [6, 6.07) is 1.77. The molecule has 2 heterocycles. The van der Waals surface area contributed by atoms with E-state index in [0.717, 1.165) is 31.6 Å². The highest BCUT2D eigenvalue weighted by Gasteiger charge is 2.35. The maximum Gasteiger partial charge on any atom is 0.223 e. The van der Waals surface area contributed by atoms with Crippen molar-refractivity contribution in [2.24, 2.45) is 11.8 Å². The van der Waals surface area contributed by atoms with Crippen LogP contribution in [-0.2, 0) is 4.79 Å². The Labute approximate surface area is 116 Å². The quantitative estimate of drug-likeness (QED) is 0.822. The van der Waals surface area contributed by atoms with Crippen molar-refractivity contribution in [1.29, 1.82) is 0 Å². The van der Waals surface area contributed by atoms with Crippen molar-refractivity contribution in [1.82, 2.24) is 10.6 Å². The number of carbonyl (C=O) groups is 1. The number of rotatable bonds is 3. The molecule has 3 nitrogen and oxygen atoms in total. The van der Waals surface area contributed by atoms with Crippen molar-refractivity contribution >= 4 is 5.91 Å². The van der Waals surface area contributed by atoms with Gasteiger partial charge in [-0.25, -0.2) is 0 Å². The fourth-order valence-electron chi connectivity index (χ4n) is 4.33. The van der Waals surface area contributed by atoms with E-state index in [4.69, 9.17) is 0 Å². The highest BCUT2D eigenvalue weighted by Crippen LogP contribution is 2.31. The molecule has 2 aliphatic heterocycles. The van der Waals surface area contributed by atoms with Crippen LogP contribution in [0.5, 0.6) is 0 Å². The smallest absolute Gasteiger partial charge is 0.223 e. The Kier molecular flexibility index (Phi) is 4.11. The summed E-state index contributed by atoms with van der Waals surface area (Å²) >= 11 is 0. The highest BCUT2D eigenvalue weighted by molar-refractivity contribution is 5.79. The number of piperidine rings is 1. The largest absolute Gasteiger partial charge is 0.353 e. The van der Waals surface area contributed by atoms with E-state index >= 15 is 0 Å². The van der Waals surface area contributed by atoms with E-state index in [2.05, 4.69) is 17.6 Å². The van der Waals surface area contributed by atoms with Crippen LogP contribution in [0.15, 0.2) is 0 Å². The van der Waals surface area contributed by atoms with E-state index in [0.29, 0.717) is 30.0 Å². The lowest BCUT2D eigenvalue weighted by molar-refractivity contribution is -0.127. The van der Waals surface area contributed by atoms with E-state index in [-0.39, 0.29) is 0 Å². The lowest BCUT2D eigenvalue weighted by Gasteiger charge is -2.32. The summed E-state index contributed by atoms with van der Waals surface area (Å²) in [7, 11) is 0. The molecule has 0 spiro atoms. The van der Waals surface area contributed by atoms with E-state index in [1.54, 1.807) is 0 Å². The second kappa shape index (κ2) is 5.82. The molecule has 2 bridgehead atoms. The molecule has 1 aliphatic carbocycles. The van der Waals surface area contributed by atoms with Gasteiger partial charge in [-0.1, -0.05) is 13.3 Å². The third-order valence-corrected chi connectivity index (χ3v) is 5.61. The first-order chi connectivity index (χ1) is 9.24. The lowest BCUT2D eigenvalue weighted by atomic mass is 9.80. The Balaban J connectivity index is 1.46. The molecular weight excluding hydrogens is 236 g/mol. The molecule has 0 radical (unpaired) electrons. The van der Waals surface area contributed by atoms with Gasteiger partial charge in [0.05, 0.1) is 0 Å². The SMILES string of the molecule is CCC1CCC(C(=O)NC2CC3CCC(C2)N3)CC1. The average Bonchev–Trinajstić information content (AvgIpc) is 2.78. The van der Waals surface area contributed by atoms with Gasteiger partial charge in [0.25, 0.3) is 0 Å². The van der Waals surface area contributed by atoms with Crippen LogP contribution >= 0.6 is 0 Å². The molecule has 2 unspecified atom stereocenters. The summed E-state index contributed by atoms with van der Waals surface area (Å²) in [5.41, 5.74) is 0. The van der Waals surface area contributed by atoms with E-state index in [1.807, 2.05) is 0 Å². The van der Waals surface area contributed by atoms with Gasteiger partial charge in [-0.05, 0) is 57.3 Å². The maximum absolute atomic E-state index is 12.4. The zero-order chi connectivity index (χ0) is 13.2. The van der Waals surface area contributed by atoms with Gasteiger partial charge in [-0.3, -0.25) is 4.79 Å². The molecule has 108 valence electrons. The topological polar surface area (TPSA) is 41.1 Å². The molecule has 3 rings (SSSR count). The fourth-order valence-corrected chi connectivity index (χ4v) is 4.33. The van der Waals surface area contributed by atoms with E-state index in [9.17, 15) is 4.79 Å². The molecule has 1 saturated carbocycles. The Hall–Kier alpha value is -0.570. The van der Waals surface area contributed by atoms with Gasteiger partial charge < -0.3 is 10.6 Å². The highest BCUT2D eigenvalue weighted by atomic mass is 16.1. The molecular formula is C16H28N2O. The zero-order valence-corrected chi connectivity index (χ0v) is 12.2. The number of nitrogens with one attached hydrogen (secondary N) is 2. The van der Waals surface area contributed by atoms with Crippen molar-refractivity contribution < 1.29 is 4.79 Å². The van der Waals surface area contributed by atoms with E-state index in [1.165, 1.54) is 32.1 Å². The lowest BCUT2D eigenvalue weighted by Crippen LogP contribution is -2.49. The van der Waals surface area contributed by atoms with Gasteiger partial charge >= 0.3 is 0 Å². The second-order valence-electron chi connectivity index (χ2n) is 6.94. The third kappa shape index (κ3) is 3.13. The standard InChI is InChI=1S/C16H28N2O/c1-2-11-3-5-12(6-4-11)16(19)18-15-9-13-7-8-14(10-15)17-13/h11-15,17H,2-10H2,1H3,(H,18,19). The molecule has 2 atom stereocenters. The van der Waals surface area contributed by atoms with Crippen LogP contribution in [-0.4, -0.2) is 24.0 Å². The fraction of sp³-hybridized carbons (Fsp3) is 0.938. The van der Waals surface area contributed by atoms with Crippen LogP contribution in [0, 0.1) is 11.8 Å². The number of amides is 1. The van der Waals surface area contributed by atoms with Gasteiger partial charge in [0.1, 0.15) is 0 Å². The normalized spacial score (nSPS) is 42.1. The summed E-state index contributed by atoms with van der Waals surface area (Å²) in [6.07, 6.45) is 10.9. The van der Waals surface area contributed by atoms with Gasteiger partial charge in [0.15, 0.2) is 0 Å².